The van der Waals surface area contributed by atoms with Gasteiger partial charge in [0.1, 0.15) is 23.7 Å². The molecule has 0 aliphatic carbocycles. The second-order valence-corrected chi connectivity index (χ2v) is 7.91. The van der Waals surface area contributed by atoms with E-state index in [1.165, 1.54) is 63.1 Å². The molecule has 3 N–H and O–H groups in total. The summed E-state index contributed by atoms with van der Waals surface area (Å²) in [5.74, 6) is 0.766. The van der Waals surface area contributed by atoms with Crippen LogP contribution in [0.4, 0.5) is 4.39 Å². The normalized spacial score (nSPS) is 30.6. The van der Waals surface area contributed by atoms with Crippen molar-refractivity contribution in [2.45, 2.75) is 101 Å². The van der Waals surface area contributed by atoms with Gasteiger partial charge in [0.05, 0.1) is 6.61 Å². The van der Waals surface area contributed by atoms with E-state index in [1.54, 1.807) is 0 Å². The van der Waals surface area contributed by atoms with E-state index in [4.69, 9.17) is 9.84 Å². The van der Waals surface area contributed by atoms with E-state index in [0.717, 1.165) is 18.6 Å². The molecule has 1 rings (SSSR count). The third-order valence-corrected chi connectivity index (χ3v) is 5.81. The Kier molecular flexibility index (Phi) is 12.3. The molecule has 1 fully saturated rings. The van der Waals surface area contributed by atoms with Crippen LogP contribution in [-0.4, -0.2) is 57.6 Å². The molecule has 0 aromatic heterocycles. The van der Waals surface area contributed by atoms with Crippen molar-refractivity contribution in [1.82, 2.24) is 0 Å². The van der Waals surface area contributed by atoms with Crippen LogP contribution < -0.4 is 0 Å². The summed E-state index contributed by atoms with van der Waals surface area (Å²) >= 11 is 1.33. The molecule has 0 aromatic rings. The highest BCUT2D eigenvalue weighted by Crippen LogP contribution is 2.31. The molecule has 1 aliphatic rings. The topological polar surface area (TPSA) is 69.9 Å². The minimum Gasteiger partial charge on any atom is -0.394 e. The zero-order valence-corrected chi connectivity index (χ0v) is 15.7. The van der Waals surface area contributed by atoms with Crippen LogP contribution in [0, 0.1) is 0 Å². The van der Waals surface area contributed by atoms with Crippen molar-refractivity contribution in [2.75, 3.05) is 12.4 Å². The van der Waals surface area contributed by atoms with E-state index < -0.39 is 36.5 Å². The van der Waals surface area contributed by atoms with Gasteiger partial charge < -0.3 is 20.1 Å². The van der Waals surface area contributed by atoms with Crippen molar-refractivity contribution in [3.05, 3.63) is 0 Å². The fraction of sp³-hybridized carbons (Fsp3) is 1.00. The van der Waals surface area contributed by atoms with Gasteiger partial charge in [-0.05, 0) is 12.2 Å². The maximum absolute atomic E-state index is 14.0. The summed E-state index contributed by atoms with van der Waals surface area (Å²) < 4.78 is 19.3. The number of hydrogen-bond donors (Lipinski definition) is 3. The lowest BCUT2D eigenvalue weighted by Crippen LogP contribution is -2.56. The number of ether oxygens (including phenoxy) is 1. The van der Waals surface area contributed by atoms with Crippen molar-refractivity contribution < 1.29 is 24.4 Å². The Bertz CT molecular complexity index is 307. The number of aliphatic hydroxyl groups excluding tert-OH is 3. The molecular formula is C18H35FO4S. The average Bonchev–Trinajstić information content (AvgIpc) is 2.59. The number of aliphatic hydroxyl groups is 3. The second-order valence-electron chi connectivity index (χ2n) is 6.70. The van der Waals surface area contributed by atoms with Crippen LogP contribution in [0.25, 0.3) is 0 Å². The SMILES string of the molecule is CCCCCCCCCCCCS[C@H]1O[C@H](CO)[C@@H](O)[C@H](O)[C@@H]1F. The molecule has 4 nitrogen and oxygen atoms in total. The van der Waals surface area contributed by atoms with Gasteiger partial charge in [-0.15, -0.1) is 11.8 Å². The Morgan fingerprint density at radius 1 is 0.875 bits per heavy atom. The van der Waals surface area contributed by atoms with Crippen molar-refractivity contribution in [3.8, 4) is 0 Å². The lowest BCUT2D eigenvalue weighted by Gasteiger charge is -2.38. The zero-order chi connectivity index (χ0) is 17.8. The maximum atomic E-state index is 14.0. The first kappa shape index (κ1) is 22.2. The highest BCUT2D eigenvalue weighted by molar-refractivity contribution is 7.99. The van der Waals surface area contributed by atoms with Crippen LogP contribution in [0.15, 0.2) is 0 Å². The van der Waals surface area contributed by atoms with Crippen molar-refractivity contribution in [1.29, 1.82) is 0 Å². The van der Waals surface area contributed by atoms with Gasteiger partial charge in [0.25, 0.3) is 0 Å². The minimum absolute atomic E-state index is 0.416. The minimum atomic E-state index is -1.61. The summed E-state index contributed by atoms with van der Waals surface area (Å²) in [4.78, 5) is 0. The van der Waals surface area contributed by atoms with Crippen LogP contribution in [0.2, 0.25) is 0 Å². The molecule has 6 heteroatoms. The molecule has 0 aromatic carbocycles. The Labute approximate surface area is 150 Å². The van der Waals surface area contributed by atoms with E-state index in [9.17, 15) is 14.6 Å². The van der Waals surface area contributed by atoms with Gasteiger partial charge in [0.2, 0.25) is 0 Å². The summed E-state index contributed by atoms with van der Waals surface area (Å²) in [6.07, 6.45) is 7.20. The molecule has 0 bridgehead atoms. The number of thioether (sulfide) groups is 1. The summed E-state index contributed by atoms with van der Waals surface area (Å²) in [6, 6.07) is 0. The molecule has 0 saturated carbocycles. The fourth-order valence-electron chi connectivity index (χ4n) is 2.97. The average molecular weight is 367 g/mol. The van der Waals surface area contributed by atoms with Gasteiger partial charge in [-0.2, -0.15) is 0 Å². The van der Waals surface area contributed by atoms with Crippen LogP contribution >= 0.6 is 11.8 Å². The molecule has 1 aliphatic heterocycles. The predicted octanol–water partition coefficient (Wildman–Crippen LogP) is 3.42. The molecule has 0 spiro atoms. The number of alkyl halides is 1. The molecule has 5 atom stereocenters. The fourth-order valence-corrected chi connectivity index (χ4v) is 4.14. The highest BCUT2D eigenvalue weighted by Gasteiger charge is 2.44. The lowest BCUT2D eigenvalue weighted by atomic mass is 10.0. The lowest BCUT2D eigenvalue weighted by molar-refractivity contribution is -0.188. The molecule has 0 radical (unpaired) electrons. The van der Waals surface area contributed by atoms with Gasteiger partial charge >= 0.3 is 0 Å². The number of halogens is 1. The summed E-state index contributed by atoms with van der Waals surface area (Å²) in [6.45, 7) is 1.81. The summed E-state index contributed by atoms with van der Waals surface area (Å²) in [7, 11) is 0. The van der Waals surface area contributed by atoms with Gasteiger partial charge in [-0.3, -0.25) is 0 Å². The molecule has 144 valence electrons. The van der Waals surface area contributed by atoms with E-state index >= 15 is 0 Å². The molecule has 24 heavy (non-hydrogen) atoms. The zero-order valence-electron chi connectivity index (χ0n) is 14.9. The monoisotopic (exact) mass is 366 g/mol. The molecular weight excluding hydrogens is 331 g/mol. The van der Waals surface area contributed by atoms with Gasteiger partial charge in [0.15, 0.2) is 6.17 Å². The Balaban J connectivity index is 2.02. The van der Waals surface area contributed by atoms with Gasteiger partial charge in [-0.25, -0.2) is 4.39 Å². The summed E-state index contributed by atoms with van der Waals surface area (Å²) in [5.41, 5.74) is -0.806. The highest BCUT2D eigenvalue weighted by atomic mass is 32.2. The Hall–Kier alpha value is 0.120. The van der Waals surface area contributed by atoms with Crippen LogP contribution in [0.1, 0.15) is 71.1 Å². The Morgan fingerprint density at radius 2 is 1.42 bits per heavy atom. The van der Waals surface area contributed by atoms with E-state index in [-0.39, 0.29) is 0 Å². The number of rotatable bonds is 13. The largest absolute Gasteiger partial charge is 0.394 e. The maximum Gasteiger partial charge on any atom is 0.164 e. The quantitative estimate of drug-likeness (QED) is 0.436. The van der Waals surface area contributed by atoms with Gasteiger partial charge in [-0.1, -0.05) is 64.7 Å². The van der Waals surface area contributed by atoms with Crippen LogP contribution in [-0.2, 0) is 4.74 Å². The molecule has 1 saturated heterocycles. The number of hydrogen-bond acceptors (Lipinski definition) is 5. The first-order chi connectivity index (χ1) is 11.6. The summed E-state index contributed by atoms with van der Waals surface area (Å²) in [5, 5.41) is 28.4. The first-order valence-corrected chi connectivity index (χ1v) is 10.5. The van der Waals surface area contributed by atoms with Crippen molar-refractivity contribution in [3.63, 3.8) is 0 Å². The van der Waals surface area contributed by atoms with Crippen LogP contribution in [0.5, 0.6) is 0 Å². The third kappa shape index (κ3) is 8.00. The van der Waals surface area contributed by atoms with E-state index in [1.807, 2.05) is 0 Å². The second kappa shape index (κ2) is 13.3. The predicted molar refractivity (Wildman–Crippen MR) is 97.0 cm³/mol. The molecule has 0 amide bonds. The van der Waals surface area contributed by atoms with E-state index in [0.29, 0.717) is 0 Å². The third-order valence-electron chi connectivity index (χ3n) is 4.59. The molecule has 0 unspecified atom stereocenters. The van der Waals surface area contributed by atoms with Crippen molar-refractivity contribution >= 4 is 11.8 Å². The smallest absolute Gasteiger partial charge is 0.164 e. The standard InChI is InChI=1S/C18H35FO4S/c1-2-3-4-5-6-7-8-9-10-11-12-24-18-15(19)17(22)16(21)14(13-20)23-18/h14-18,20-22H,2-13H2,1H3/t14-,15+,16-,17-,18-/m1/s1. The van der Waals surface area contributed by atoms with Crippen molar-refractivity contribution in [2.24, 2.45) is 0 Å². The molecule has 1 heterocycles. The first-order valence-electron chi connectivity index (χ1n) is 9.50. The number of unbranched alkanes of at least 4 members (excludes halogenated alkanes) is 9. The van der Waals surface area contributed by atoms with Crippen LogP contribution in [0.3, 0.4) is 0 Å². The van der Waals surface area contributed by atoms with Gasteiger partial charge in [0, 0.05) is 0 Å². The Morgan fingerprint density at radius 3 is 1.96 bits per heavy atom. The van der Waals surface area contributed by atoms with E-state index in [2.05, 4.69) is 6.92 Å².